The lowest BCUT2D eigenvalue weighted by Crippen LogP contribution is -2.16. The monoisotopic (exact) mass is 287 g/mol. The van der Waals surface area contributed by atoms with E-state index in [2.05, 4.69) is 17.2 Å². The molecular formula is C12H18ClN3O3. The van der Waals surface area contributed by atoms with Crippen molar-refractivity contribution in [3.63, 3.8) is 0 Å². The van der Waals surface area contributed by atoms with E-state index in [4.69, 9.17) is 16.7 Å². The third-order valence-electron chi connectivity index (χ3n) is 2.83. The Kier molecular flexibility index (Phi) is 6.52. The molecule has 0 aliphatic carbocycles. The Morgan fingerprint density at radius 3 is 2.84 bits per heavy atom. The largest absolute Gasteiger partial charge is 0.396 e. The van der Waals surface area contributed by atoms with Gasteiger partial charge in [-0.25, -0.2) is 4.98 Å². The van der Waals surface area contributed by atoms with Gasteiger partial charge in [-0.3, -0.25) is 10.1 Å². The Morgan fingerprint density at radius 2 is 2.32 bits per heavy atom. The zero-order valence-corrected chi connectivity index (χ0v) is 11.6. The van der Waals surface area contributed by atoms with E-state index in [0.29, 0.717) is 24.7 Å². The van der Waals surface area contributed by atoms with Crippen molar-refractivity contribution in [1.29, 1.82) is 0 Å². The molecule has 6 nitrogen and oxygen atoms in total. The maximum Gasteiger partial charge on any atom is 0.289 e. The molecule has 7 heteroatoms. The molecule has 0 aliphatic rings. The van der Waals surface area contributed by atoms with Crippen molar-refractivity contribution >= 4 is 23.1 Å². The third-order valence-corrected chi connectivity index (χ3v) is 3.12. The van der Waals surface area contributed by atoms with Crippen molar-refractivity contribution in [3.05, 3.63) is 27.4 Å². The van der Waals surface area contributed by atoms with Crippen molar-refractivity contribution in [1.82, 2.24) is 4.98 Å². The highest BCUT2D eigenvalue weighted by Gasteiger charge is 2.12. The summed E-state index contributed by atoms with van der Waals surface area (Å²) >= 11 is 5.93. The summed E-state index contributed by atoms with van der Waals surface area (Å²) in [5.74, 6) is 0.773. The average Bonchev–Trinajstić information content (AvgIpc) is 2.37. The SMILES string of the molecule is CCCC(CCO)CNc1ncc([N+](=O)[O-])cc1Cl. The second kappa shape index (κ2) is 7.91. The zero-order valence-electron chi connectivity index (χ0n) is 10.8. The molecule has 19 heavy (non-hydrogen) atoms. The van der Waals surface area contributed by atoms with Crippen LogP contribution < -0.4 is 5.32 Å². The van der Waals surface area contributed by atoms with Gasteiger partial charge in [0.1, 0.15) is 12.0 Å². The Bertz CT molecular complexity index is 423. The van der Waals surface area contributed by atoms with Crippen molar-refractivity contribution in [2.45, 2.75) is 26.2 Å². The van der Waals surface area contributed by atoms with E-state index in [1.165, 1.54) is 12.3 Å². The maximum absolute atomic E-state index is 10.6. The fourth-order valence-corrected chi connectivity index (χ4v) is 2.07. The fourth-order valence-electron chi connectivity index (χ4n) is 1.84. The second-order valence-electron chi connectivity index (χ2n) is 4.33. The zero-order chi connectivity index (χ0) is 14.3. The normalized spacial score (nSPS) is 12.2. The van der Waals surface area contributed by atoms with Crippen LogP contribution in [0.25, 0.3) is 0 Å². The number of halogens is 1. The van der Waals surface area contributed by atoms with E-state index in [1.807, 2.05) is 0 Å². The number of pyridine rings is 1. The molecule has 0 saturated heterocycles. The molecule has 106 valence electrons. The first-order valence-electron chi connectivity index (χ1n) is 6.23. The summed E-state index contributed by atoms with van der Waals surface area (Å²) in [5, 5.41) is 22.8. The van der Waals surface area contributed by atoms with Gasteiger partial charge in [-0.15, -0.1) is 0 Å². The molecule has 1 atom stereocenters. The molecule has 0 bridgehead atoms. The van der Waals surface area contributed by atoms with Crippen molar-refractivity contribution in [3.8, 4) is 0 Å². The van der Waals surface area contributed by atoms with Crippen LogP contribution in [0, 0.1) is 16.0 Å². The number of hydrogen-bond acceptors (Lipinski definition) is 5. The molecule has 0 aliphatic heterocycles. The number of hydrogen-bond donors (Lipinski definition) is 2. The highest BCUT2D eigenvalue weighted by molar-refractivity contribution is 6.33. The second-order valence-corrected chi connectivity index (χ2v) is 4.74. The predicted octanol–water partition coefficient (Wildman–Crippen LogP) is 2.85. The first kappa shape index (κ1) is 15.7. The molecule has 0 amide bonds. The van der Waals surface area contributed by atoms with Gasteiger partial charge in [-0.2, -0.15) is 0 Å². The fraction of sp³-hybridized carbons (Fsp3) is 0.583. The summed E-state index contributed by atoms with van der Waals surface area (Å²) in [5.41, 5.74) is -0.129. The average molecular weight is 288 g/mol. The smallest absolute Gasteiger partial charge is 0.289 e. The molecule has 2 N–H and O–H groups in total. The number of rotatable bonds is 8. The van der Waals surface area contributed by atoms with E-state index in [0.717, 1.165) is 12.8 Å². The van der Waals surface area contributed by atoms with Gasteiger partial charge < -0.3 is 10.4 Å². The van der Waals surface area contributed by atoms with Crippen LogP contribution in [0.1, 0.15) is 26.2 Å². The molecule has 0 radical (unpaired) electrons. The van der Waals surface area contributed by atoms with Crippen LogP contribution in [0.15, 0.2) is 12.3 Å². The molecule has 0 saturated carbocycles. The minimum atomic E-state index is -0.533. The van der Waals surface area contributed by atoms with E-state index < -0.39 is 4.92 Å². The van der Waals surface area contributed by atoms with Crippen LogP contribution >= 0.6 is 11.6 Å². The molecule has 0 fully saturated rings. The minimum absolute atomic E-state index is 0.129. The molecule has 1 aromatic rings. The van der Waals surface area contributed by atoms with Crippen LogP contribution in [-0.4, -0.2) is 28.2 Å². The van der Waals surface area contributed by atoms with Gasteiger partial charge in [0.15, 0.2) is 0 Å². The standard InChI is InChI=1S/C12H18ClN3O3/c1-2-3-9(4-5-17)7-14-12-11(13)6-10(8-15-12)16(18)19/h6,8-9,17H,2-5,7H2,1H3,(H,14,15). The van der Waals surface area contributed by atoms with E-state index in [9.17, 15) is 10.1 Å². The highest BCUT2D eigenvalue weighted by atomic mass is 35.5. The van der Waals surface area contributed by atoms with Crippen LogP contribution in [0.2, 0.25) is 5.02 Å². The Labute approximate surface area is 117 Å². The number of nitro groups is 1. The van der Waals surface area contributed by atoms with Gasteiger partial charge in [0, 0.05) is 19.2 Å². The quantitative estimate of drug-likeness (QED) is 0.567. The Morgan fingerprint density at radius 1 is 1.58 bits per heavy atom. The van der Waals surface area contributed by atoms with Gasteiger partial charge in [-0.05, 0) is 18.8 Å². The van der Waals surface area contributed by atoms with E-state index >= 15 is 0 Å². The first-order valence-corrected chi connectivity index (χ1v) is 6.61. The molecule has 1 unspecified atom stereocenters. The molecule has 0 aromatic carbocycles. The van der Waals surface area contributed by atoms with Crippen LogP contribution in [0.3, 0.4) is 0 Å². The molecule has 1 heterocycles. The number of aromatic nitrogens is 1. The molecule has 0 spiro atoms. The summed E-state index contributed by atoms with van der Waals surface area (Å²) in [6.07, 6.45) is 3.92. The van der Waals surface area contributed by atoms with Crippen molar-refractivity contribution in [2.24, 2.45) is 5.92 Å². The van der Waals surface area contributed by atoms with Crippen LogP contribution in [-0.2, 0) is 0 Å². The summed E-state index contributed by atoms with van der Waals surface area (Å²) in [6, 6.07) is 1.28. The summed E-state index contributed by atoms with van der Waals surface area (Å²) < 4.78 is 0. The third kappa shape index (κ3) is 5.00. The number of aliphatic hydroxyl groups excluding tert-OH is 1. The molecule has 1 rings (SSSR count). The highest BCUT2D eigenvalue weighted by Crippen LogP contribution is 2.24. The summed E-state index contributed by atoms with van der Waals surface area (Å²) in [4.78, 5) is 14.0. The maximum atomic E-state index is 10.6. The molecule has 1 aromatic heterocycles. The minimum Gasteiger partial charge on any atom is -0.396 e. The Hall–Kier alpha value is -1.40. The van der Waals surface area contributed by atoms with E-state index in [1.54, 1.807) is 0 Å². The first-order chi connectivity index (χ1) is 9.08. The van der Waals surface area contributed by atoms with Gasteiger partial charge in [0.25, 0.3) is 5.69 Å². The van der Waals surface area contributed by atoms with Crippen molar-refractivity contribution < 1.29 is 10.0 Å². The lowest BCUT2D eigenvalue weighted by Gasteiger charge is -2.16. The van der Waals surface area contributed by atoms with Crippen LogP contribution in [0.4, 0.5) is 11.5 Å². The van der Waals surface area contributed by atoms with Crippen LogP contribution in [0.5, 0.6) is 0 Å². The van der Waals surface area contributed by atoms with Gasteiger partial charge in [0.05, 0.1) is 9.95 Å². The number of nitrogens with zero attached hydrogens (tertiary/aromatic N) is 2. The molecular weight excluding hydrogens is 270 g/mol. The van der Waals surface area contributed by atoms with Crippen molar-refractivity contribution in [2.75, 3.05) is 18.5 Å². The van der Waals surface area contributed by atoms with Gasteiger partial charge in [-0.1, -0.05) is 24.9 Å². The van der Waals surface area contributed by atoms with Gasteiger partial charge in [0.2, 0.25) is 0 Å². The lowest BCUT2D eigenvalue weighted by molar-refractivity contribution is -0.385. The van der Waals surface area contributed by atoms with Gasteiger partial charge >= 0.3 is 0 Å². The topological polar surface area (TPSA) is 88.3 Å². The van der Waals surface area contributed by atoms with E-state index in [-0.39, 0.29) is 17.3 Å². The lowest BCUT2D eigenvalue weighted by atomic mass is 10.0. The summed E-state index contributed by atoms with van der Waals surface area (Å²) in [7, 11) is 0. The Balaban J connectivity index is 2.63. The summed E-state index contributed by atoms with van der Waals surface area (Å²) in [6.45, 7) is 2.87. The number of aliphatic hydroxyl groups is 1. The number of anilines is 1. The predicted molar refractivity (Wildman–Crippen MR) is 74.5 cm³/mol. The number of nitrogens with one attached hydrogen (secondary N) is 1.